The van der Waals surface area contributed by atoms with Crippen molar-refractivity contribution in [1.82, 2.24) is 4.90 Å². The molecule has 0 N–H and O–H groups in total. The summed E-state index contributed by atoms with van der Waals surface area (Å²) in [6.45, 7) is 0.414. The Morgan fingerprint density at radius 1 is 1.15 bits per heavy atom. The molecule has 1 aliphatic heterocycles. The van der Waals surface area contributed by atoms with Gasteiger partial charge in [-0.25, -0.2) is 4.79 Å². The normalized spacial score (nSPS) is 18.4. The molecule has 5 heteroatoms. The first-order chi connectivity index (χ1) is 9.65. The van der Waals surface area contributed by atoms with Gasteiger partial charge in [-0.05, 0) is 19.3 Å². The number of ether oxygens (including phenoxy) is 1. The molecule has 1 fully saturated rings. The van der Waals surface area contributed by atoms with Crippen LogP contribution in [0.25, 0.3) is 0 Å². The number of hydrogen-bond acceptors (Lipinski definition) is 4. The van der Waals surface area contributed by atoms with E-state index in [0.29, 0.717) is 18.5 Å². The Morgan fingerprint density at radius 3 is 2.50 bits per heavy atom. The van der Waals surface area contributed by atoms with Gasteiger partial charge in [-0.15, -0.1) is 0 Å². The molecule has 0 radical (unpaired) electrons. The second-order valence-corrected chi connectivity index (χ2v) is 4.73. The third-order valence-electron chi connectivity index (χ3n) is 3.47. The van der Waals surface area contributed by atoms with Gasteiger partial charge in [-0.3, -0.25) is 9.59 Å². The molecule has 1 aromatic rings. The fourth-order valence-corrected chi connectivity index (χ4v) is 2.40. The molecule has 1 amide bonds. The number of hydrogen-bond donors (Lipinski definition) is 0. The molecule has 1 heterocycles. The van der Waals surface area contributed by atoms with Crippen molar-refractivity contribution < 1.29 is 19.1 Å². The molecule has 2 rings (SSSR count). The van der Waals surface area contributed by atoms with Crippen molar-refractivity contribution in [2.24, 2.45) is 0 Å². The fraction of sp³-hybridized carbons (Fsp3) is 0.400. The minimum Gasteiger partial charge on any atom is -0.467 e. The molecule has 0 aliphatic carbocycles. The van der Waals surface area contributed by atoms with E-state index in [1.54, 1.807) is 30.3 Å². The number of carbonyl (C=O) groups is 3. The van der Waals surface area contributed by atoms with Crippen LogP contribution in [0.5, 0.6) is 0 Å². The molecule has 0 saturated carbocycles. The number of methoxy groups -OCH3 is 1. The number of carbonyl (C=O) groups excluding carboxylic acids is 3. The highest BCUT2D eigenvalue weighted by Crippen LogP contribution is 2.19. The lowest BCUT2D eigenvalue weighted by molar-refractivity contribution is -0.153. The Morgan fingerprint density at radius 2 is 1.85 bits per heavy atom. The summed E-state index contributed by atoms with van der Waals surface area (Å²) < 4.78 is 4.71. The Bertz CT molecular complexity index is 512. The van der Waals surface area contributed by atoms with E-state index in [0.717, 1.165) is 12.8 Å². The van der Waals surface area contributed by atoms with Gasteiger partial charge in [0.1, 0.15) is 6.04 Å². The van der Waals surface area contributed by atoms with E-state index in [4.69, 9.17) is 4.74 Å². The molecule has 5 nitrogen and oxygen atoms in total. The van der Waals surface area contributed by atoms with Crippen molar-refractivity contribution in [3.05, 3.63) is 35.9 Å². The number of Topliss-reactive ketones (excluding diaryl/α,β-unsaturated/α-hetero) is 1. The minimum absolute atomic E-state index is 0.340. The summed E-state index contributed by atoms with van der Waals surface area (Å²) in [6.07, 6.45) is 2.19. The monoisotopic (exact) mass is 275 g/mol. The number of ketones is 1. The van der Waals surface area contributed by atoms with Crippen molar-refractivity contribution in [3.8, 4) is 0 Å². The predicted octanol–water partition coefficient (Wildman–Crippen LogP) is 1.42. The zero-order valence-corrected chi connectivity index (χ0v) is 11.4. The average molecular weight is 275 g/mol. The average Bonchev–Trinajstić information content (AvgIpc) is 2.53. The van der Waals surface area contributed by atoms with Crippen LogP contribution in [0, 0.1) is 0 Å². The van der Waals surface area contributed by atoms with Crippen molar-refractivity contribution in [3.63, 3.8) is 0 Å². The molecule has 0 bridgehead atoms. The van der Waals surface area contributed by atoms with Gasteiger partial charge >= 0.3 is 5.97 Å². The van der Waals surface area contributed by atoms with E-state index in [1.165, 1.54) is 12.0 Å². The molecule has 20 heavy (non-hydrogen) atoms. The van der Waals surface area contributed by atoms with Gasteiger partial charge in [0.15, 0.2) is 0 Å². The van der Waals surface area contributed by atoms with E-state index in [9.17, 15) is 14.4 Å². The number of likely N-dealkylation sites (tertiary alicyclic amines) is 1. The van der Waals surface area contributed by atoms with Crippen LogP contribution in [-0.2, 0) is 14.3 Å². The van der Waals surface area contributed by atoms with Crippen molar-refractivity contribution in [2.45, 2.75) is 25.3 Å². The topological polar surface area (TPSA) is 63.7 Å². The quantitative estimate of drug-likeness (QED) is 0.475. The zero-order chi connectivity index (χ0) is 14.5. The van der Waals surface area contributed by atoms with Gasteiger partial charge in [0.05, 0.1) is 7.11 Å². The van der Waals surface area contributed by atoms with Crippen molar-refractivity contribution in [2.75, 3.05) is 13.7 Å². The molecule has 1 aliphatic rings. The highest BCUT2D eigenvalue weighted by Gasteiger charge is 2.35. The van der Waals surface area contributed by atoms with E-state index >= 15 is 0 Å². The fourth-order valence-electron chi connectivity index (χ4n) is 2.40. The molecule has 106 valence electrons. The lowest BCUT2D eigenvalue weighted by Gasteiger charge is -2.33. The molecular formula is C15H17NO4. The van der Waals surface area contributed by atoms with E-state index < -0.39 is 23.7 Å². The second-order valence-electron chi connectivity index (χ2n) is 4.73. The largest absolute Gasteiger partial charge is 0.467 e. The zero-order valence-electron chi connectivity index (χ0n) is 11.4. The lowest BCUT2D eigenvalue weighted by Crippen LogP contribution is -2.50. The van der Waals surface area contributed by atoms with Gasteiger partial charge in [0.25, 0.3) is 5.91 Å². The highest BCUT2D eigenvalue weighted by molar-refractivity contribution is 6.43. The van der Waals surface area contributed by atoms with Crippen molar-refractivity contribution in [1.29, 1.82) is 0 Å². The maximum atomic E-state index is 12.3. The van der Waals surface area contributed by atoms with Gasteiger partial charge in [-0.1, -0.05) is 30.3 Å². The number of benzene rings is 1. The molecule has 1 atom stereocenters. The summed E-state index contributed by atoms with van der Waals surface area (Å²) in [4.78, 5) is 37.5. The SMILES string of the molecule is COC(=O)[C@@H]1CCCCN1C(=O)C(=O)c1ccccc1. The molecule has 0 aromatic heterocycles. The molecule has 1 saturated heterocycles. The Balaban J connectivity index is 2.18. The van der Waals surface area contributed by atoms with Crippen LogP contribution < -0.4 is 0 Å². The first-order valence-electron chi connectivity index (χ1n) is 6.63. The summed E-state index contributed by atoms with van der Waals surface area (Å²) in [5.74, 6) is -1.67. The summed E-state index contributed by atoms with van der Waals surface area (Å²) >= 11 is 0. The number of rotatable bonds is 3. The third-order valence-corrected chi connectivity index (χ3v) is 3.47. The maximum absolute atomic E-state index is 12.3. The van der Waals surface area contributed by atoms with Crippen LogP contribution in [0.15, 0.2) is 30.3 Å². The Kier molecular flexibility index (Phi) is 4.50. The van der Waals surface area contributed by atoms with Crippen LogP contribution in [0.4, 0.5) is 0 Å². The highest BCUT2D eigenvalue weighted by atomic mass is 16.5. The molecule has 0 unspecified atom stereocenters. The Labute approximate surface area is 117 Å². The van der Waals surface area contributed by atoms with Crippen LogP contribution in [0.1, 0.15) is 29.6 Å². The maximum Gasteiger partial charge on any atom is 0.328 e. The van der Waals surface area contributed by atoms with Crippen molar-refractivity contribution >= 4 is 17.7 Å². The van der Waals surface area contributed by atoms with Gasteiger partial charge < -0.3 is 9.64 Å². The van der Waals surface area contributed by atoms with Crippen LogP contribution in [-0.4, -0.2) is 42.3 Å². The minimum atomic E-state index is -0.645. The summed E-state index contributed by atoms with van der Waals surface area (Å²) in [5, 5.41) is 0. The third kappa shape index (κ3) is 2.87. The smallest absolute Gasteiger partial charge is 0.328 e. The van der Waals surface area contributed by atoms with Crippen LogP contribution in [0.3, 0.4) is 0 Å². The van der Waals surface area contributed by atoms with Crippen LogP contribution >= 0.6 is 0 Å². The van der Waals surface area contributed by atoms with E-state index in [1.807, 2.05) is 0 Å². The predicted molar refractivity (Wildman–Crippen MR) is 72.1 cm³/mol. The van der Waals surface area contributed by atoms with E-state index in [2.05, 4.69) is 0 Å². The lowest BCUT2D eigenvalue weighted by atomic mass is 10.0. The number of nitrogens with zero attached hydrogens (tertiary/aromatic N) is 1. The van der Waals surface area contributed by atoms with Crippen LogP contribution in [0.2, 0.25) is 0 Å². The second kappa shape index (κ2) is 6.32. The first-order valence-corrected chi connectivity index (χ1v) is 6.63. The molecule has 1 aromatic carbocycles. The number of amides is 1. The standard InChI is InChI=1S/C15H17NO4/c1-20-15(19)12-9-5-6-10-16(12)14(18)13(17)11-7-3-2-4-8-11/h2-4,7-8,12H,5-6,9-10H2,1H3/t12-/m0/s1. The van der Waals surface area contributed by atoms with E-state index in [-0.39, 0.29) is 0 Å². The summed E-state index contributed by atoms with van der Waals surface area (Å²) in [5.41, 5.74) is 0.340. The summed E-state index contributed by atoms with van der Waals surface area (Å²) in [7, 11) is 1.29. The van der Waals surface area contributed by atoms with Gasteiger partial charge in [0.2, 0.25) is 5.78 Å². The number of esters is 1. The number of piperidine rings is 1. The summed E-state index contributed by atoms with van der Waals surface area (Å²) in [6, 6.07) is 7.73. The first kappa shape index (κ1) is 14.2. The Hall–Kier alpha value is -2.17. The molecule has 0 spiro atoms. The van der Waals surface area contributed by atoms with Gasteiger partial charge in [0, 0.05) is 12.1 Å². The van der Waals surface area contributed by atoms with Gasteiger partial charge in [-0.2, -0.15) is 0 Å². The molecular weight excluding hydrogens is 258 g/mol.